The van der Waals surface area contributed by atoms with E-state index in [-0.39, 0.29) is 0 Å². The molecular weight excluding hydrogens is 390 g/mol. The van der Waals surface area contributed by atoms with E-state index in [1.165, 1.54) is 0 Å². The summed E-state index contributed by atoms with van der Waals surface area (Å²) >= 11 is 0. The van der Waals surface area contributed by atoms with Crippen LogP contribution >= 0.6 is 0 Å². The first-order chi connectivity index (χ1) is 15.1. The van der Waals surface area contributed by atoms with E-state index in [1.807, 2.05) is 78.9 Å². The van der Waals surface area contributed by atoms with Gasteiger partial charge in [-0.1, -0.05) is 66.7 Å². The summed E-state index contributed by atoms with van der Waals surface area (Å²) in [6.07, 6.45) is 1.74. The molecule has 5 nitrogen and oxygen atoms in total. The van der Waals surface area contributed by atoms with Gasteiger partial charge in [0.25, 0.3) is 5.91 Å². The summed E-state index contributed by atoms with van der Waals surface area (Å²) < 4.78 is 11.4. The van der Waals surface area contributed by atoms with E-state index in [0.29, 0.717) is 36.8 Å². The van der Waals surface area contributed by atoms with Crippen LogP contribution in [0.4, 0.5) is 0 Å². The van der Waals surface area contributed by atoms with Crippen molar-refractivity contribution in [2.75, 3.05) is 13.7 Å². The maximum atomic E-state index is 12.5. The molecule has 1 saturated heterocycles. The second kappa shape index (κ2) is 9.30. The van der Waals surface area contributed by atoms with Crippen LogP contribution in [0, 0.1) is 0 Å². The van der Waals surface area contributed by atoms with E-state index in [1.54, 1.807) is 18.1 Å². The lowest BCUT2D eigenvalue weighted by Gasteiger charge is -2.14. The Balaban J connectivity index is 1.48. The Hall–Kier alpha value is -3.86. The average Bonchev–Trinajstić information content (AvgIpc) is 3.07. The Labute approximate surface area is 181 Å². The second-order valence-corrected chi connectivity index (χ2v) is 7.33. The van der Waals surface area contributed by atoms with Crippen molar-refractivity contribution in [1.29, 1.82) is 0 Å². The molecule has 3 aromatic rings. The van der Waals surface area contributed by atoms with Gasteiger partial charge in [-0.25, -0.2) is 0 Å². The largest absolute Gasteiger partial charge is 0.493 e. The number of likely N-dealkylation sites (tertiary alicyclic amines) is 1. The lowest BCUT2D eigenvalue weighted by Crippen LogP contribution is -2.26. The van der Waals surface area contributed by atoms with Crippen molar-refractivity contribution in [3.8, 4) is 11.5 Å². The molecule has 5 heteroatoms. The fraction of sp³-hybridized carbons (Fsp3) is 0.154. The van der Waals surface area contributed by atoms with Gasteiger partial charge in [-0.3, -0.25) is 9.59 Å². The van der Waals surface area contributed by atoms with E-state index in [0.717, 1.165) is 16.7 Å². The molecule has 1 amide bonds. The van der Waals surface area contributed by atoms with E-state index >= 15 is 0 Å². The molecule has 0 N–H and O–H groups in total. The van der Waals surface area contributed by atoms with Gasteiger partial charge in [0, 0.05) is 12.1 Å². The highest BCUT2D eigenvalue weighted by molar-refractivity contribution is 6.45. The van der Waals surface area contributed by atoms with Gasteiger partial charge in [0.05, 0.1) is 13.7 Å². The van der Waals surface area contributed by atoms with Crippen LogP contribution in [0.3, 0.4) is 0 Å². The molecule has 3 aromatic carbocycles. The van der Waals surface area contributed by atoms with Gasteiger partial charge < -0.3 is 14.4 Å². The Bertz CT molecular complexity index is 1110. The number of ketones is 1. The second-order valence-electron chi connectivity index (χ2n) is 7.33. The number of rotatable bonds is 7. The standard InChI is InChI=1S/C26H23NO4/c1-30-24-15-21(12-13-23(24)31-18-20-10-6-3-7-11-20)14-22-17-27(26(29)25(22)28)16-19-8-4-2-5-9-19/h2-15H,16-18H2,1H3/b22-14-. The molecule has 0 bridgehead atoms. The minimum atomic E-state index is -0.468. The third-order valence-electron chi connectivity index (χ3n) is 5.12. The zero-order valence-electron chi connectivity index (χ0n) is 17.3. The van der Waals surface area contributed by atoms with E-state index in [4.69, 9.17) is 9.47 Å². The van der Waals surface area contributed by atoms with Gasteiger partial charge in [-0.15, -0.1) is 0 Å². The van der Waals surface area contributed by atoms with E-state index < -0.39 is 11.7 Å². The molecule has 0 unspecified atom stereocenters. The van der Waals surface area contributed by atoms with Crippen LogP contribution in [0.25, 0.3) is 6.08 Å². The molecule has 0 radical (unpaired) electrons. The molecule has 4 rings (SSSR count). The van der Waals surface area contributed by atoms with Crippen molar-refractivity contribution < 1.29 is 19.1 Å². The Kier molecular flexibility index (Phi) is 6.13. The Morgan fingerprint density at radius 2 is 1.55 bits per heavy atom. The molecule has 1 heterocycles. The third-order valence-corrected chi connectivity index (χ3v) is 5.12. The summed E-state index contributed by atoms with van der Waals surface area (Å²) in [6.45, 7) is 1.14. The Morgan fingerprint density at radius 3 is 2.23 bits per heavy atom. The summed E-state index contributed by atoms with van der Waals surface area (Å²) in [5.41, 5.74) is 3.30. The Morgan fingerprint density at radius 1 is 0.871 bits per heavy atom. The molecule has 0 aromatic heterocycles. The minimum absolute atomic E-state index is 0.293. The maximum absolute atomic E-state index is 12.5. The van der Waals surface area contributed by atoms with Crippen LogP contribution in [-0.4, -0.2) is 30.2 Å². The van der Waals surface area contributed by atoms with Crippen molar-refractivity contribution in [2.24, 2.45) is 0 Å². The number of carbonyl (C=O) groups excluding carboxylic acids is 2. The topological polar surface area (TPSA) is 55.8 Å². The smallest absolute Gasteiger partial charge is 0.295 e. The van der Waals surface area contributed by atoms with Gasteiger partial charge in [0.15, 0.2) is 11.5 Å². The molecule has 1 aliphatic rings. The molecule has 0 atom stereocenters. The summed E-state index contributed by atoms with van der Waals surface area (Å²) in [5, 5.41) is 0. The third kappa shape index (κ3) is 4.83. The predicted octanol–water partition coefficient (Wildman–Crippen LogP) is 4.27. The van der Waals surface area contributed by atoms with Gasteiger partial charge in [-0.05, 0) is 34.9 Å². The monoisotopic (exact) mass is 413 g/mol. The molecule has 0 spiro atoms. The highest BCUT2D eigenvalue weighted by atomic mass is 16.5. The maximum Gasteiger partial charge on any atom is 0.295 e. The highest BCUT2D eigenvalue weighted by Gasteiger charge is 2.33. The number of methoxy groups -OCH3 is 1. The summed E-state index contributed by atoms with van der Waals surface area (Å²) in [6, 6.07) is 25.0. The van der Waals surface area contributed by atoms with Crippen LogP contribution < -0.4 is 9.47 Å². The van der Waals surface area contributed by atoms with Crippen molar-refractivity contribution in [3.05, 3.63) is 101 Å². The predicted molar refractivity (Wildman–Crippen MR) is 119 cm³/mol. The minimum Gasteiger partial charge on any atom is -0.493 e. The van der Waals surface area contributed by atoms with Gasteiger partial charge in [0.1, 0.15) is 6.61 Å². The summed E-state index contributed by atoms with van der Waals surface area (Å²) in [7, 11) is 1.58. The number of benzene rings is 3. The van der Waals surface area contributed by atoms with Gasteiger partial charge in [0.2, 0.25) is 5.78 Å². The lowest BCUT2D eigenvalue weighted by atomic mass is 10.1. The van der Waals surface area contributed by atoms with Crippen LogP contribution in [-0.2, 0) is 22.7 Å². The van der Waals surface area contributed by atoms with Crippen LogP contribution in [0.15, 0.2) is 84.4 Å². The summed E-state index contributed by atoms with van der Waals surface area (Å²) in [5.74, 6) is 0.264. The van der Waals surface area contributed by atoms with Crippen molar-refractivity contribution in [1.82, 2.24) is 4.90 Å². The van der Waals surface area contributed by atoms with Crippen LogP contribution in [0.5, 0.6) is 11.5 Å². The van der Waals surface area contributed by atoms with E-state index in [2.05, 4.69) is 0 Å². The summed E-state index contributed by atoms with van der Waals surface area (Å²) in [4.78, 5) is 26.4. The first-order valence-corrected chi connectivity index (χ1v) is 10.1. The number of hydrogen-bond donors (Lipinski definition) is 0. The lowest BCUT2D eigenvalue weighted by molar-refractivity contribution is -0.139. The zero-order valence-corrected chi connectivity index (χ0v) is 17.3. The number of nitrogens with zero attached hydrogens (tertiary/aromatic N) is 1. The fourth-order valence-electron chi connectivity index (χ4n) is 3.50. The van der Waals surface area contributed by atoms with E-state index in [9.17, 15) is 9.59 Å². The molecule has 31 heavy (non-hydrogen) atoms. The molecule has 156 valence electrons. The normalized spacial score (nSPS) is 14.9. The number of Topliss-reactive ketones (excluding diaryl/α,β-unsaturated/α-hetero) is 1. The molecule has 0 saturated carbocycles. The number of amides is 1. The zero-order chi connectivity index (χ0) is 21.6. The number of carbonyl (C=O) groups is 2. The highest BCUT2D eigenvalue weighted by Crippen LogP contribution is 2.30. The van der Waals surface area contributed by atoms with Gasteiger partial charge in [-0.2, -0.15) is 0 Å². The SMILES string of the molecule is COc1cc(/C=C2/CN(Cc3ccccc3)C(=O)C2=O)ccc1OCc1ccccc1. The van der Waals surface area contributed by atoms with Crippen LogP contribution in [0.1, 0.15) is 16.7 Å². The molecule has 0 aliphatic carbocycles. The molecule has 1 aliphatic heterocycles. The first kappa shape index (κ1) is 20.4. The molecule has 1 fully saturated rings. The molecular formula is C26H23NO4. The van der Waals surface area contributed by atoms with Crippen LogP contribution in [0.2, 0.25) is 0 Å². The van der Waals surface area contributed by atoms with Crippen molar-refractivity contribution in [3.63, 3.8) is 0 Å². The first-order valence-electron chi connectivity index (χ1n) is 10.1. The van der Waals surface area contributed by atoms with Crippen molar-refractivity contribution in [2.45, 2.75) is 13.2 Å². The van der Waals surface area contributed by atoms with Gasteiger partial charge >= 0.3 is 0 Å². The number of ether oxygens (including phenoxy) is 2. The quantitative estimate of drug-likeness (QED) is 0.429. The fourth-order valence-corrected chi connectivity index (χ4v) is 3.50. The number of hydrogen-bond acceptors (Lipinski definition) is 4. The van der Waals surface area contributed by atoms with Crippen molar-refractivity contribution >= 4 is 17.8 Å². The average molecular weight is 413 g/mol.